The lowest BCUT2D eigenvalue weighted by atomic mass is 10.2. The minimum Gasteiger partial charge on any atom is -0.279 e. The van der Waals surface area contributed by atoms with Crippen molar-refractivity contribution >= 4 is 37.3 Å². The summed E-state index contributed by atoms with van der Waals surface area (Å²) >= 11 is 5.97. The van der Waals surface area contributed by atoms with E-state index in [4.69, 9.17) is 11.6 Å². The van der Waals surface area contributed by atoms with Gasteiger partial charge in [0.2, 0.25) is 10.0 Å². The highest BCUT2D eigenvalue weighted by Gasteiger charge is 2.19. The number of anilines is 1. The maximum Gasteiger partial charge on any atom is 0.261 e. The lowest BCUT2D eigenvalue weighted by molar-refractivity contribution is 0.588. The zero-order chi connectivity index (χ0) is 17.3. The molecular weight excluding hydrogens is 360 g/mol. The maximum atomic E-state index is 12.5. The zero-order valence-corrected chi connectivity index (χ0v) is 14.8. The summed E-state index contributed by atoms with van der Waals surface area (Å²) in [5, 5.41) is 0.428. The predicted molar refractivity (Wildman–Crippen MR) is 89.7 cm³/mol. The molecule has 2 aromatic rings. The number of nitrogens with one attached hydrogen (secondary N) is 2. The molecule has 0 aliphatic heterocycles. The second-order valence-corrected chi connectivity index (χ2v) is 8.68. The first kappa shape index (κ1) is 17.7. The van der Waals surface area contributed by atoms with E-state index in [0.29, 0.717) is 16.3 Å². The van der Waals surface area contributed by atoms with E-state index >= 15 is 0 Å². The standard InChI is InChI=1S/C14H15ClN2O4S2/c1-10-13(15)7-4-8-14(10)17-23(20,21)12-6-3-5-11(9-12)22(18,19)16-2/h3-9,16-17H,1-2H3. The third kappa shape index (κ3) is 3.84. The number of rotatable bonds is 5. The van der Waals surface area contributed by atoms with Crippen LogP contribution in [0.5, 0.6) is 0 Å². The molecule has 0 saturated carbocycles. The fourth-order valence-electron chi connectivity index (χ4n) is 1.85. The number of hydrogen-bond acceptors (Lipinski definition) is 4. The Bertz CT molecular complexity index is 941. The molecule has 0 spiro atoms. The van der Waals surface area contributed by atoms with Crippen LogP contribution < -0.4 is 9.44 Å². The quantitative estimate of drug-likeness (QED) is 0.840. The van der Waals surface area contributed by atoms with Crippen molar-refractivity contribution in [3.8, 4) is 0 Å². The maximum absolute atomic E-state index is 12.5. The van der Waals surface area contributed by atoms with Gasteiger partial charge in [-0.25, -0.2) is 21.6 Å². The van der Waals surface area contributed by atoms with E-state index in [1.807, 2.05) is 0 Å². The third-order valence-corrected chi connectivity index (χ3v) is 6.39. The molecule has 0 fully saturated rings. The average molecular weight is 375 g/mol. The zero-order valence-electron chi connectivity index (χ0n) is 12.4. The molecule has 0 aliphatic carbocycles. The molecule has 0 bridgehead atoms. The van der Waals surface area contributed by atoms with Crippen molar-refractivity contribution in [1.29, 1.82) is 0 Å². The van der Waals surface area contributed by atoms with Crippen molar-refractivity contribution in [3.63, 3.8) is 0 Å². The highest BCUT2D eigenvalue weighted by Crippen LogP contribution is 2.26. The monoisotopic (exact) mass is 374 g/mol. The van der Waals surface area contributed by atoms with Crippen molar-refractivity contribution in [2.75, 3.05) is 11.8 Å². The minimum absolute atomic E-state index is 0.134. The SMILES string of the molecule is CNS(=O)(=O)c1cccc(S(=O)(=O)Nc2cccc(Cl)c2C)c1. The second kappa shape index (κ2) is 6.48. The molecule has 2 N–H and O–H groups in total. The first-order valence-electron chi connectivity index (χ1n) is 6.49. The van der Waals surface area contributed by atoms with Crippen LogP contribution in [0, 0.1) is 6.92 Å². The van der Waals surface area contributed by atoms with Crippen LogP contribution in [0.4, 0.5) is 5.69 Å². The van der Waals surface area contributed by atoms with Gasteiger partial charge in [-0.2, -0.15) is 0 Å². The molecule has 0 aliphatic rings. The lowest BCUT2D eigenvalue weighted by Crippen LogP contribution is -2.20. The highest BCUT2D eigenvalue weighted by atomic mass is 35.5. The van der Waals surface area contributed by atoms with Crippen molar-refractivity contribution < 1.29 is 16.8 Å². The van der Waals surface area contributed by atoms with Gasteiger partial charge < -0.3 is 0 Å². The van der Waals surface area contributed by atoms with E-state index in [1.165, 1.54) is 25.2 Å². The molecule has 0 amide bonds. The molecule has 2 rings (SSSR count). The first-order chi connectivity index (χ1) is 10.7. The Kier molecular flexibility index (Phi) is 5.00. The number of halogens is 1. The number of sulfonamides is 2. The predicted octanol–water partition coefficient (Wildman–Crippen LogP) is 2.36. The van der Waals surface area contributed by atoms with E-state index in [2.05, 4.69) is 9.44 Å². The van der Waals surface area contributed by atoms with Gasteiger partial charge in [0, 0.05) is 5.02 Å². The van der Waals surface area contributed by atoms with Crippen LogP contribution in [0.15, 0.2) is 52.3 Å². The summed E-state index contributed by atoms with van der Waals surface area (Å²) in [6.45, 7) is 1.68. The van der Waals surface area contributed by atoms with E-state index in [9.17, 15) is 16.8 Å². The smallest absolute Gasteiger partial charge is 0.261 e. The molecule has 0 heterocycles. The molecule has 0 saturated heterocycles. The van der Waals surface area contributed by atoms with Gasteiger partial charge in [-0.05, 0) is 49.9 Å². The Morgan fingerprint density at radius 2 is 1.48 bits per heavy atom. The van der Waals surface area contributed by atoms with Crippen LogP contribution in [0.25, 0.3) is 0 Å². The van der Waals surface area contributed by atoms with Gasteiger partial charge in [-0.1, -0.05) is 23.7 Å². The molecule has 2 aromatic carbocycles. The third-order valence-electron chi connectivity index (χ3n) is 3.21. The Morgan fingerprint density at radius 3 is 2.09 bits per heavy atom. The molecule has 0 atom stereocenters. The molecule has 0 aromatic heterocycles. The van der Waals surface area contributed by atoms with Crippen molar-refractivity contribution in [1.82, 2.24) is 4.72 Å². The molecule has 6 nitrogen and oxygen atoms in total. The normalized spacial score (nSPS) is 12.1. The summed E-state index contributed by atoms with van der Waals surface area (Å²) in [7, 11) is -6.42. The Labute approximate surface area is 140 Å². The summed E-state index contributed by atoms with van der Waals surface area (Å²) < 4.78 is 53.1. The van der Waals surface area contributed by atoms with Crippen molar-refractivity contribution in [2.45, 2.75) is 16.7 Å². The minimum atomic E-state index is -3.94. The van der Waals surface area contributed by atoms with E-state index in [-0.39, 0.29) is 9.79 Å². The van der Waals surface area contributed by atoms with Gasteiger partial charge in [0.25, 0.3) is 10.0 Å². The molecule has 124 valence electrons. The summed E-state index contributed by atoms with van der Waals surface area (Å²) in [4.78, 5) is -0.293. The summed E-state index contributed by atoms with van der Waals surface area (Å²) in [6, 6.07) is 9.93. The lowest BCUT2D eigenvalue weighted by Gasteiger charge is -2.12. The van der Waals surface area contributed by atoms with E-state index in [1.54, 1.807) is 25.1 Å². The molecule has 0 unspecified atom stereocenters. The van der Waals surface area contributed by atoms with Gasteiger partial charge in [-0.3, -0.25) is 4.72 Å². The summed E-state index contributed by atoms with van der Waals surface area (Å²) in [5.74, 6) is 0. The van der Waals surface area contributed by atoms with Crippen LogP contribution in [-0.2, 0) is 20.0 Å². The average Bonchev–Trinajstić information content (AvgIpc) is 2.52. The Balaban J connectivity index is 2.45. The Hall–Kier alpha value is -1.61. The fraction of sp³-hybridized carbons (Fsp3) is 0.143. The molecular formula is C14H15ClN2O4S2. The van der Waals surface area contributed by atoms with Crippen LogP contribution >= 0.6 is 11.6 Å². The van der Waals surface area contributed by atoms with Crippen LogP contribution in [0.3, 0.4) is 0 Å². The first-order valence-corrected chi connectivity index (χ1v) is 9.83. The van der Waals surface area contributed by atoms with Gasteiger partial charge >= 0.3 is 0 Å². The van der Waals surface area contributed by atoms with Gasteiger partial charge in [0.15, 0.2) is 0 Å². The molecule has 9 heteroatoms. The highest BCUT2D eigenvalue weighted by molar-refractivity contribution is 7.93. The molecule has 23 heavy (non-hydrogen) atoms. The van der Waals surface area contributed by atoms with Crippen molar-refractivity contribution in [2.24, 2.45) is 0 Å². The van der Waals surface area contributed by atoms with Gasteiger partial charge in [0.05, 0.1) is 15.5 Å². The largest absolute Gasteiger partial charge is 0.279 e. The second-order valence-electron chi connectivity index (χ2n) is 4.70. The van der Waals surface area contributed by atoms with E-state index in [0.717, 1.165) is 6.07 Å². The topological polar surface area (TPSA) is 92.3 Å². The number of benzene rings is 2. The van der Waals surface area contributed by atoms with Gasteiger partial charge in [-0.15, -0.1) is 0 Å². The summed E-state index contributed by atoms with van der Waals surface area (Å²) in [6.07, 6.45) is 0. The van der Waals surface area contributed by atoms with Crippen LogP contribution in [0.2, 0.25) is 5.02 Å². The summed E-state index contributed by atoms with van der Waals surface area (Å²) in [5.41, 5.74) is 0.913. The van der Waals surface area contributed by atoms with Crippen LogP contribution in [0.1, 0.15) is 5.56 Å². The molecule has 0 radical (unpaired) electrons. The fourth-order valence-corrected chi connectivity index (χ4v) is 4.04. The van der Waals surface area contributed by atoms with E-state index < -0.39 is 20.0 Å². The van der Waals surface area contributed by atoms with Crippen LogP contribution in [-0.4, -0.2) is 23.9 Å². The number of hydrogen-bond donors (Lipinski definition) is 2. The van der Waals surface area contributed by atoms with Crippen molar-refractivity contribution in [3.05, 3.63) is 53.1 Å². The Morgan fingerprint density at radius 1 is 0.913 bits per heavy atom. The van der Waals surface area contributed by atoms with Gasteiger partial charge in [0.1, 0.15) is 0 Å².